The minimum absolute atomic E-state index is 0.0612. The van der Waals surface area contributed by atoms with Gasteiger partial charge in [0.2, 0.25) is 15.9 Å². The SMILES string of the molecule is CC[C@@H](C)NS(=O)(=O)c1cc([N+](=O)[O-])ccc1Oc1c(C)c(C(=O)Nc2cccc(C)c2)nn1-c1ccc(C)cc1. The van der Waals surface area contributed by atoms with Crippen molar-refractivity contribution >= 4 is 27.3 Å². The molecule has 2 N–H and O–H groups in total. The van der Waals surface area contributed by atoms with Gasteiger partial charge >= 0.3 is 0 Å². The largest absolute Gasteiger partial charge is 0.437 e. The van der Waals surface area contributed by atoms with Crippen LogP contribution in [0.2, 0.25) is 0 Å². The standard InChI is InChI=1S/C29H31N5O6S/c1-6-20(4)32-41(38,39)26-17-24(34(36)37)14-15-25(26)40-29-21(5)27(28(35)30-22-9-7-8-19(3)16-22)31-33(29)23-12-10-18(2)11-13-23/h7-17,20,32H,6H2,1-5H3,(H,30,35)/t20-/m1/s1. The molecule has 0 saturated carbocycles. The fourth-order valence-electron chi connectivity index (χ4n) is 4.01. The van der Waals surface area contributed by atoms with Crippen molar-refractivity contribution in [2.45, 2.75) is 52.0 Å². The Bertz CT molecular complexity index is 1710. The van der Waals surface area contributed by atoms with Gasteiger partial charge in [-0.3, -0.25) is 14.9 Å². The minimum atomic E-state index is -4.22. The summed E-state index contributed by atoms with van der Waals surface area (Å²) in [5.74, 6) is -0.565. The summed E-state index contributed by atoms with van der Waals surface area (Å²) in [6.45, 7) is 8.96. The van der Waals surface area contributed by atoms with Crippen LogP contribution in [0.1, 0.15) is 47.4 Å². The van der Waals surface area contributed by atoms with Gasteiger partial charge < -0.3 is 10.1 Å². The van der Waals surface area contributed by atoms with Gasteiger partial charge in [0, 0.05) is 29.4 Å². The van der Waals surface area contributed by atoms with Gasteiger partial charge in [-0.15, -0.1) is 0 Å². The van der Waals surface area contributed by atoms with Crippen LogP contribution in [0.5, 0.6) is 11.6 Å². The molecule has 0 spiro atoms. The number of carbonyl (C=O) groups excluding carboxylic acids is 1. The lowest BCUT2D eigenvalue weighted by Crippen LogP contribution is -2.32. The molecular weight excluding hydrogens is 546 g/mol. The van der Waals surface area contributed by atoms with Crippen molar-refractivity contribution in [3.63, 3.8) is 0 Å². The Morgan fingerprint density at radius 3 is 2.39 bits per heavy atom. The summed E-state index contributed by atoms with van der Waals surface area (Å²) in [6, 6.07) is 17.5. The molecule has 3 aromatic carbocycles. The third kappa shape index (κ3) is 6.61. The highest BCUT2D eigenvalue weighted by molar-refractivity contribution is 7.89. The summed E-state index contributed by atoms with van der Waals surface area (Å²) < 4.78 is 36.7. The number of hydrogen-bond acceptors (Lipinski definition) is 7. The van der Waals surface area contributed by atoms with E-state index in [2.05, 4.69) is 15.1 Å². The van der Waals surface area contributed by atoms with Crippen LogP contribution >= 0.6 is 0 Å². The van der Waals surface area contributed by atoms with E-state index in [0.717, 1.165) is 23.3 Å². The van der Waals surface area contributed by atoms with Crippen LogP contribution in [0.3, 0.4) is 0 Å². The van der Waals surface area contributed by atoms with Crippen molar-refractivity contribution in [2.75, 3.05) is 5.32 Å². The van der Waals surface area contributed by atoms with Crippen molar-refractivity contribution < 1.29 is 22.9 Å². The second-order valence-electron chi connectivity index (χ2n) is 9.77. The van der Waals surface area contributed by atoms with E-state index in [1.54, 1.807) is 32.0 Å². The summed E-state index contributed by atoms with van der Waals surface area (Å²) >= 11 is 0. The van der Waals surface area contributed by atoms with Gasteiger partial charge in [0.05, 0.1) is 10.6 Å². The molecular formula is C29H31N5O6S. The lowest BCUT2D eigenvalue weighted by Gasteiger charge is -2.16. The van der Waals surface area contributed by atoms with E-state index in [1.807, 2.05) is 51.1 Å². The number of sulfonamides is 1. The number of non-ortho nitro benzene ring substituents is 1. The van der Waals surface area contributed by atoms with Gasteiger partial charge in [0.1, 0.15) is 10.6 Å². The van der Waals surface area contributed by atoms with Gasteiger partial charge in [-0.25, -0.2) is 13.1 Å². The highest BCUT2D eigenvalue weighted by Gasteiger charge is 2.28. The molecule has 0 unspecified atom stereocenters. The van der Waals surface area contributed by atoms with Crippen LogP contribution in [0, 0.1) is 30.9 Å². The first-order valence-corrected chi connectivity index (χ1v) is 14.4. The predicted molar refractivity (Wildman–Crippen MR) is 155 cm³/mol. The minimum Gasteiger partial charge on any atom is -0.437 e. The molecule has 11 nitrogen and oxygen atoms in total. The average Bonchev–Trinajstić information content (AvgIpc) is 3.24. The third-order valence-corrected chi connectivity index (χ3v) is 8.05. The molecule has 0 aliphatic carbocycles. The lowest BCUT2D eigenvalue weighted by molar-refractivity contribution is -0.385. The van der Waals surface area contributed by atoms with Crippen molar-refractivity contribution in [3.05, 3.63) is 99.2 Å². The first kappa shape index (κ1) is 29.4. The zero-order valence-electron chi connectivity index (χ0n) is 23.3. The summed E-state index contributed by atoms with van der Waals surface area (Å²) in [7, 11) is -4.22. The molecule has 0 aliphatic heterocycles. The van der Waals surface area contributed by atoms with E-state index in [-0.39, 0.29) is 17.3 Å². The van der Waals surface area contributed by atoms with E-state index >= 15 is 0 Å². The normalized spacial score (nSPS) is 12.1. The highest BCUT2D eigenvalue weighted by atomic mass is 32.2. The van der Waals surface area contributed by atoms with Gasteiger partial charge in [0.25, 0.3) is 11.6 Å². The number of nitrogens with one attached hydrogen (secondary N) is 2. The molecule has 0 radical (unpaired) electrons. The Hall–Kier alpha value is -4.55. The number of nitro benzene ring substituents is 1. The first-order chi connectivity index (χ1) is 19.4. The molecule has 1 heterocycles. The number of hydrogen-bond donors (Lipinski definition) is 2. The molecule has 0 bridgehead atoms. The number of amides is 1. The first-order valence-electron chi connectivity index (χ1n) is 12.9. The topological polar surface area (TPSA) is 145 Å². The molecule has 0 saturated heterocycles. The number of aryl methyl sites for hydroxylation is 2. The smallest absolute Gasteiger partial charge is 0.276 e. The van der Waals surface area contributed by atoms with Gasteiger partial charge in [-0.2, -0.15) is 9.78 Å². The predicted octanol–water partition coefficient (Wildman–Crippen LogP) is 5.83. The molecule has 12 heteroatoms. The van der Waals surface area contributed by atoms with Crippen molar-refractivity contribution in [1.29, 1.82) is 0 Å². The van der Waals surface area contributed by atoms with Gasteiger partial charge in [-0.05, 0) is 70.0 Å². The zero-order valence-corrected chi connectivity index (χ0v) is 24.2. The molecule has 41 heavy (non-hydrogen) atoms. The Morgan fingerprint density at radius 1 is 1.05 bits per heavy atom. The van der Waals surface area contributed by atoms with Crippen LogP contribution in [0.15, 0.2) is 71.6 Å². The van der Waals surface area contributed by atoms with E-state index < -0.39 is 37.5 Å². The molecule has 0 aliphatic rings. The number of aromatic nitrogens is 2. The van der Waals surface area contributed by atoms with Crippen LogP contribution < -0.4 is 14.8 Å². The summed E-state index contributed by atoms with van der Waals surface area (Å²) in [5.41, 5.74) is 3.10. The summed E-state index contributed by atoms with van der Waals surface area (Å²) in [4.78, 5) is 23.7. The van der Waals surface area contributed by atoms with Crippen LogP contribution in [-0.4, -0.2) is 35.1 Å². The number of rotatable bonds is 10. The molecule has 4 aromatic rings. The number of carbonyl (C=O) groups is 1. The molecule has 4 rings (SSSR count). The van der Waals surface area contributed by atoms with Gasteiger partial charge in [-0.1, -0.05) is 36.8 Å². The van der Waals surface area contributed by atoms with E-state index in [0.29, 0.717) is 23.4 Å². The number of nitrogens with zero attached hydrogens (tertiary/aromatic N) is 3. The maximum atomic E-state index is 13.3. The zero-order chi connectivity index (χ0) is 29.9. The van der Waals surface area contributed by atoms with Crippen LogP contribution in [-0.2, 0) is 10.0 Å². The lowest BCUT2D eigenvalue weighted by atomic mass is 10.2. The Kier molecular flexibility index (Phi) is 8.55. The maximum Gasteiger partial charge on any atom is 0.276 e. The number of ether oxygens (including phenoxy) is 1. The van der Waals surface area contributed by atoms with Crippen molar-refractivity contribution in [1.82, 2.24) is 14.5 Å². The second kappa shape index (κ2) is 11.9. The quantitative estimate of drug-likeness (QED) is 0.178. The average molecular weight is 578 g/mol. The maximum absolute atomic E-state index is 13.3. The fourth-order valence-corrected chi connectivity index (χ4v) is 5.48. The monoisotopic (exact) mass is 577 g/mol. The number of benzene rings is 3. The van der Waals surface area contributed by atoms with Crippen LogP contribution in [0.4, 0.5) is 11.4 Å². The molecule has 0 fully saturated rings. The van der Waals surface area contributed by atoms with Crippen molar-refractivity contribution in [3.8, 4) is 17.3 Å². The Balaban J connectivity index is 1.84. The van der Waals surface area contributed by atoms with Crippen LogP contribution in [0.25, 0.3) is 5.69 Å². The fraction of sp³-hybridized carbons (Fsp3) is 0.241. The Labute approximate surface area is 238 Å². The molecule has 1 atom stereocenters. The second-order valence-corrected chi connectivity index (χ2v) is 11.5. The molecule has 1 aromatic heterocycles. The van der Waals surface area contributed by atoms with Crippen molar-refractivity contribution in [2.24, 2.45) is 0 Å². The van der Waals surface area contributed by atoms with E-state index in [9.17, 15) is 23.3 Å². The highest BCUT2D eigenvalue weighted by Crippen LogP contribution is 2.36. The van der Waals surface area contributed by atoms with Gasteiger partial charge in [0.15, 0.2) is 5.69 Å². The summed E-state index contributed by atoms with van der Waals surface area (Å²) in [5, 5.41) is 18.9. The Morgan fingerprint density at radius 2 is 1.76 bits per heavy atom. The summed E-state index contributed by atoms with van der Waals surface area (Å²) in [6.07, 6.45) is 0.503. The molecule has 1 amide bonds. The molecule has 214 valence electrons. The van der Waals surface area contributed by atoms with E-state index in [4.69, 9.17) is 4.74 Å². The van der Waals surface area contributed by atoms with E-state index in [1.165, 1.54) is 10.7 Å². The number of nitro groups is 1. The third-order valence-electron chi connectivity index (χ3n) is 6.44. The number of anilines is 1.